The molecule has 1 saturated heterocycles. The summed E-state index contributed by atoms with van der Waals surface area (Å²) in [5, 5.41) is 4.39. The second kappa shape index (κ2) is 6.11. The van der Waals surface area contributed by atoms with Crippen LogP contribution in [0.15, 0.2) is 43.0 Å². The first-order chi connectivity index (χ1) is 13.2. The second-order valence-corrected chi connectivity index (χ2v) is 6.60. The molecule has 1 atom stereocenters. The highest BCUT2D eigenvalue weighted by atomic mass is 19.1. The SMILES string of the molecule is O=C1N(c2cccnc2)Cc2cc(-c3cnc(N4CC[C@@H](F)C4)cn3)nn21. The van der Waals surface area contributed by atoms with Crippen LogP contribution in [-0.4, -0.2) is 50.0 Å². The molecule has 27 heavy (non-hydrogen) atoms. The average molecular weight is 365 g/mol. The van der Waals surface area contributed by atoms with Gasteiger partial charge in [0.2, 0.25) is 0 Å². The van der Waals surface area contributed by atoms with Gasteiger partial charge < -0.3 is 4.90 Å². The van der Waals surface area contributed by atoms with E-state index in [-0.39, 0.29) is 6.03 Å². The van der Waals surface area contributed by atoms with Gasteiger partial charge in [0.15, 0.2) is 0 Å². The second-order valence-electron chi connectivity index (χ2n) is 6.60. The number of halogens is 1. The third-order valence-corrected chi connectivity index (χ3v) is 4.83. The van der Waals surface area contributed by atoms with Gasteiger partial charge >= 0.3 is 6.03 Å². The van der Waals surface area contributed by atoms with E-state index in [1.54, 1.807) is 35.8 Å². The van der Waals surface area contributed by atoms with Crippen LogP contribution in [0.1, 0.15) is 12.1 Å². The zero-order valence-electron chi connectivity index (χ0n) is 14.4. The molecule has 0 bridgehead atoms. The summed E-state index contributed by atoms with van der Waals surface area (Å²) in [4.78, 5) is 28.9. The fourth-order valence-electron chi connectivity index (χ4n) is 3.42. The minimum atomic E-state index is -0.809. The van der Waals surface area contributed by atoms with Gasteiger partial charge in [-0.2, -0.15) is 9.78 Å². The molecule has 2 aliphatic rings. The summed E-state index contributed by atoms with van der Waals surface area (Å²) in [5.74, 6) is 0.657. The topological polar surface area (TPSA) is 80.0 Å². The van der Waals surface area contributed by atoms with Crippen LogP contribution in [0.25, 0.3) is 11.4 Å². The Morgan fingerprint density at radius 2 is 2.07 bits per heavy atom. The molecule has 3 aromatic heterocycles. The van der Waals surface area contributed by atoms with Crippen molar-refractivity contribution >= 4 is 17.5 Å². The summed E-state index contributed by atoms with van der Waals surface area (Å²) in [5.41, 5.74) is 2.69. The van der Waals surface area contributed by atoms with E-state index in [0.29, 0.717) is 43.3 Å². The molecule has 2 aliphatic heterocycles. The van der Waals surface area contributed by atoms with Crippen molar-refractivity contribution in [3.8, 4) is 11.4 Å². The lowest BCUT2D eigenvalue weighted by Gasteiger charge is -2.15. The number of aromatic nitrogens is 5. The third kappa shape index (κ3) is 2.71. The number of hydrogen-bond acceptors (Lipinski definition) is 6. The Kier molecular flexibility index (Phi) is 3.59. The fourth-order valence-corrected chi connectivity index (χ4v) is 3.42. The molecule has 0 saturated carbocycles. The van der Waals surface area contributed by atoms with Gasteiger partial charge in [0, 0.05) is 12.7 Å². The Bertz CT molecular complexity index is 989. The Morgan fingerprint density at radius 1 is 1.15 bits per heavy atom. The maximum absolute atomic E-state index is 13.3. The van der Waals surface area contributed by atoms with Crippen molar-refractivity contribution in [2.45, 2.75) is 19.1 Å². The maximum atomic E-state index is 13.3. The standard InChI is InChI=1S/C18H16FN7O/c19-12-3-5-24(10-12)17-9-21-16(8-22-17)15-6-14-11-25(18(27)26(14)23-15)13-2-1-4-20-7-13/h1-2,4,6-9,12H,3,5,10-11H2/t12-/m1/s1. The smallest absolute Gasteiger partial charge is 0.349 e. The molecule has 0 unspecified atom stereocenters. The zero-order valence-corrected chi connectivity index (χ0v) is 14.4. The Morgan fingerprint density at radius 3 is 2.74 bits per heavy atom. The lowest BCUT2D eigenvalue weighted by atomic mass is 10.3. The summed E-state index contributed by atoms with van der Waals surface area (Å²) < 4.78 is 14.7. The van der Waals surface area contributed by atoms with Gasteiger partial charge in [-0.3, -0.25) is 9.88 Å². The number of carbonyl (C=O) groups is 1. The van der Waals surface area contributed by atoms with Crippen molar-refractivity contribution < 1.29 is 9.18 Å². The summed E-state index contributed by atoms with van der Waals surface area (Å²) in [6.07, 6.45) is 6.27. The Labute approximate surface area is 154 Å². The molecule has 0 N–H and O–H groups in total. The molecule has 0 radical (unpaired) electrons. The number of carbonyl (C=O) groups excluding carboxylic acids is 1. The van der Waals surface area contributed by atoms with Crippen LogP contribution in [0, 0.1) is 0 Å². The molecule has 136 valence electrons. The lowest BCUT2D eigenvalue weighted by Crippen LogP contribution is -2.26. The molecule has 5 rings (SSSR count). The maximum Gasteiger partial charge on any atom is 0.349 e. The number of alkyl halides is 1. The average Bonchev–Trinajstić information content (AvgIpc) is 3.39. The molecule has 0 aliphatic carbocycles. The van der Waals surface area contributed by atoms with E-state index in [1.807, 2.05) is 17.0 Å². The van der Waals surface area contributed by atoms with Gasteiger partial charge in [0.05, 0.1) is 43.1 Å². The highest BCUT2D eigenvalue weighted by Crippen LogP contribution is 2.27. The van der Waals surface area contributed by atoms with Crippen LogP contribution in [-0.2, 0) is 6.54 Å². The molecule has 1 amide bonds. The van der Waals surface area contributed by atoms with Gasteiger partial charge in [-0.05, 0) is 24.6 Å². The summed E-state index contributed by atoms with van der Waals surface area (Å²) >= 11 is 0. The highest BCUT2D eigenvalue weighted by Gasteiger charge is 2.31. The van der Waals surface area contributed by atoms with Gasteiger partial charge in [0.25, 0.3) is 0 Å². The largest absolute Gasteiger partial charge is 0.352 e. The number of nitrogens with zero attached hydrogens (tertiary/aromatic N) is 7. The Balaban J connectivity index is 1.37. The summed E-state index contributed by atoms with van der Waals surface area (Å²) in [7, 11) is 0. The van der Waals surface area contributed by atoms with E-state index in [9.17, 15) is 9.18 Å². The molecule has 5 heterocycles. The van der Waals surface area contributed by atoms with Gasteiger partial charge in [-0.15, -0.1) is 0 Å². The number of fused-ring (bicyclic) bond motifs is 1. The Hall–Kier alpha value is -3.36. The summed E-state index contributed by atoms with van der Waals surface area (Å²) in [6.45, 7) is 1.42. The van der Waals surface area contributed by atoms with Crippen molar-refractivity contribution in [3.63, 3.8) is 0 Å². The normalized spacial score (nSPS) is 19.0. The predicted molar refractivity (Wildman–Crippen MR) is 96.2 cm³/mol. The van der Waals surface area contributed by atoms with E-state index in [1.165, 1.54) is 4.68 Å². The van der Waals surface area contributed by atoms with Crippen LogP contribution >= 0.6 is 0 Å². The van der Waals surface area contributed by atoms with Crippen LogP contribution < -0.4 is 9.80 Å². The van der Waals surface area contributed by atoms with Crippen LogP contribution in [0.3, 0.4) is 0 Å². The van der Waals surface area contributed by atoms with Crippen LogP contribution in [0.2, 0.25) is 0 Å². The first-order valence-corrected chi connectivity index (χ1v) is 8.71. The number of rotatable bonds is 3. The number of pyridine rings is 1. The highest BCUT2D eigenvalue weighted by molar-refractivity contribution is 5.96. The van der Waals surface area contributed by atoms with Crippen LogP contribution in [0.5, 0.6) is 0 Å². The third-order valence-electron chi connectivity index (χ3n) is 4.83. The molecule has 3 aromatic rings. The first kappa shape index (κ1) is 15.9. The quantitative estimate of drug-likeness (QED) is 0.708. The van der Waals surface area contributed by atoms with Crippen molar-refractivity contribution in [3.05, 3.63) is 48.7 Å². The molecule has 8 nitrogen and oxygen atoms in total. The first-order valence-electron chi connectivity index (χ1n) is 8.71. The minimum Gasteiger partial charge on any atom is -0.352 e. The van der Waals surface area contributed by atoms with E-state index in [0.717, 1.165) is 11.4 Å². The number of amides is 1. The van der Waals surface area contributed by atoms with E-state index in [4.69, 9.17) is 0 Å². The zero-order chi connectivity index (χ0) is 18.4. The molecule has 9 heteroatoms. The lowest BCUT2D eigenvalue weighted by molar-refractivity contribution is 0.248. The van der Waals surface area contributed by atoms with Gasteiger partial charge in [-0.25, -0.2) is 19.2 Å². The van der Waals surface area contributed by atoms with Crippen LogP contribution in [0.4, 0.5) is 20.7 Å². The number of hydrogen-bond donors (Lipinski definition) is 0. The molecule has 1 fully saturated rings. The van der Waals surface area contributed by atoms with E-state index in [2.05, 4.69) is 20.1 Å². The monoisotopic (exact) mass is 365 g/mol. The van der Waals surface area contributed by atoms with E-state index >= 15 is 0 Å². The fraction of sp³-hybridized carbons (Fsp3) is 0.278. The molecular weight excluding hydrogens is 349 g/mol. The summed E-state index contributed by atoms with van der Waals surface area (Å²) in [6, 6.07) is 5.24. The molecule has 0 aromatic carbocycles. The van der Waals surface area contributed by atoms with Gasteiger partial charge in [-0.1, -0.05) is 0 Å². The predicted octanol–water partition coefficient (Wildman–Crippen LogP) is 2.27. The number of anilines is 2. The van der Waals surface area contributed by atoms with Crippen molar-refractivity contribution in [1.82, 2.24) is 24.7 Å². The minimum absolute atomic E-state index is 0.222. The molecular formula is C18H16FN7O. The van der Waals surface area contributed by atoms with Crippen molar-refractivity contribution in [2.24, 2.45) is 0 Å². The molecule has 0 spiro atoms. The van der Waals surface area contributed by atoms with Crippen molar-refractivity contribution in [2.75, 3.05) is 22.9 Å². The van der Waals surface area contributed by atoms with Crippen molar-refractivity contribution in [1.29, 1.82) is 0 Å². The van der Waals surface area contributed by atoms with E-state index < -0.39 is 6.17 Å². The van der Waals surface area contributed by atoms with Gasteiger partial charge in [0.1, 0.15) is 23.4 Å².